The Hall–Kier alpha value is -1.21. The first-order valence-corrected chi connectivity index (χ1v) is 5.61. The first kappa shape index (κ1) is 10.9. The van der Waals surface area contributed by atoms with E-state index in [0.717, 1.165) is 0 Å². The van der Waals surface area contributed by atoms with Gasteiger partial charge in [-0.25, -0.2) is 12.7 Å². The monoisotopic (exact) mass is 218 g/mol. The Morgan fingerprint density at radius 1 is 1.50 bits per heavy atom. The summed E-state index contributed by atoms with van der Waals surface area (Å²) in [6, 6.07) is 0. The molecule has 0 aromatic rings. The summed E-state index contributed by atoms with van der Waals surface area (Å²) in [5.41, 5.74) is 11.4. The van der Waals surface area contributed by atoms with Gasteiger partial charge in [-0.3, -0.25) is 5.43 Å². The number of hydrogen-bond donors (Lipinski definition) is 3. The molecule has 14 heavy (non-hydrogen) atoms. The standard InChI is InChI=1S/C7H14N4O2S/c1-11(2)14(12,13)5-6-3-7(8)10-9-4-6/h3-4,9-10H,5,8H2,1-2H3. The normalized spacial score (nSPS) is 16.8. The fourth-order valence-electron chi connectivity index (χ4n) is 0.913. The Bertz CT molecular complexity index is 369. The molecule has 7 heteroatoms. The zero-order valence-electron chi connectivity index (χ0n) is 8.11. The molecule has 0 unspecified atom stereocenters. The van der Waals surface area contributed by atoms with Crippen molar-refractivity contribution in [3.8, 4) is 0 Å². The lowest BCUT2D eigenvalue weighted by Crippen LogP contribution is -2.35. The van der Waals surface area contributed by atoms with Crippen LogP contribution in [0, 0.1) is 0 Å². The quantitative estimate of drug-likeness (QED) is 0.546. The molecule has 6 nitrogen and oxygen atoms in total. The van der Waals surface area contributed by atoms with Gasteiger partial charge in [-0.05, 0) is 11.6 Å². The van der Waals surface area contributed by atoms with Gasteiger partial charge in [0.2, 0.25) is 10.0 Å². The molecule has 0 amide bonds. The van der Waals surface area contributed by atoms with E-state index >= 15 is 0 Å². The van der Waals surface area contributed by atoms with Gasteiger partial charge in [0.15, 0.2) is 0 Å². The van der Waals surface area contributed by atoms with E-state index in [1.807, 2.05) is 0 Å². The van der Waals surface area contributed by atoms with Crippen LogP contribution in [0.1, 0.15) is 0 Å². The number of hydrazine groups is 1. The molecule has 4 N–H and O–H groups in total. The second-order valence-corrected chi connectivity index (χ2v) is 5.31. The van der Waals surface area contributed by atoms with Crippen molar-refractivity contribution in [2.75, 3.05) is 19.8 Å². The molecule has 0 atom stereocenters. The van der Waals surface area contributed by atoms with Crippen LogP contribution in [0.25, 0.3) is 0 Å². The highest BCUT2D eigenvalue weighted by Gasteiger charge is 2.16. The number of sulfonamides is 1. The molecular weight excluding hydrogens is 204 g/mol. The molecule has 1 heterocycles. The highest BCUT2D eigenvalue weighted by molar-refractivity contribution is 7.89. The number of hydrogen-bond acceptors (Lipinski definition) is 5. The highest BCUT2D eigenvalue weighted by atomic mass is 32.2. The van der Waals surface area contributed by atoms with Gasteiger partial charge in [0, 0.05) is 20.3 Å². The van der Waals surface area contributed by atoms with Crippen molar-refractivity contribution >= 4 is 10.0 Å². The van der Waals surface area contributed by atoms with Crippen molar-refractivity contribution < 1.29 is 8.42 Å². The van der Waals surface area contributed by atoms with E-state index in [4.69, 9.17) is 5.73 Å². The van der Waals surface area contributed by atoms with Crippen LogP contribution in [0.4, 0.5) is 0 Å². The average Bonchev–Trinajstić information content (AvgIpc) is 2.02. The largest absolute Gasteiger partial charge is 0.384 e. The number of rotatable bonds is 3. The number of nitrogens with one attached hydrogen (secondary N) is 2. The summed E-state index contributed by atoms with van der Waals surface area (Å²) in [5, 5.41) is 0. The lowest BCUT2D eigenvalue weighted by Gasteiger charge is -2.16. The third-order valence-electron chi connectivity index (χ3n) is 1.72. The summed E-state index contributed by atoms with van der Waals surface area (Å²) >= 11 is 0. The molecular formula is C7H14N4O2S. The first-order chi connectivity index (χ1) is 6.42. The Morgan fingerprint density at radius 2 is 2.14 bits per heavy atom. The average molecular weight is 218 g/mol. The van der Waals surface area contributed by atoms with Gasteiger partial charge in [-0.1, -0.05) is 0 Å². The lowest BCUT2D eigenvalue weighted by molar-refractivity contribution is 0.523. The molecule has 0 aliphatic carbocycles. The molecule has 1 aliphatic rings. The lowest BCUT2D eigenvalue weighted by atomic mass is 10.3. The number of allylic oxidation sites excluding steroid dienone is 1. The maximum atomic E-state index is 11.5. The van der Waals surface area contributed by atoms with Crippen LogP contribution >= 0.6 is 0 Å². The SMILES string of the molecule is CN(C)S(=O)(=O)CC1=CNNC(N)=C1. The highest BCUT2D eigenvalue weighted by Crippen LogP contribution is 2.06. The van der Waals surface area contributed by atoms with Crippen LogP contribution in [0.2, 0.25) is 0 Å². The van der Waals surface area contributed by atoms with Crippen LogP contribution < -0.4 is 16.6 Å². The molecule has 0 radical (unpaired) electrons. The van der Waals surface area contributed by atoms with Crippen LogP contribution in [0.5, 0.6) is 0 Å². The Balaban J connectivity index is 2.76. The first-order valence-electron chi connectivity index (χ1n) is 4.00. The molecule has 1 aliphatic heterocycles. The van der Waals surface area contributed by atoms with E-state index in [0.29, 0.717) is 11.4 Å². The topological polar surface area (TPSA) is 87.5 Å². The van der Waals surface area contributed by atoms with Gasteiger partial charge in [0.05, 0.1) is 5.75 Å². The fourth-order valence-corrected chi connectivity index (χ4v) is 1.76. The third kappa shape index (κ3) is 2.64. The van der Waals surface area contributed by atoms with E-state index < -0.39 is 10.0 Å². The maximum absolute atomic E-state index is 11.5. The summed E-state index contributed by atoms with van der Waals surface area (Å²) in [7, 11) is -0.229. The molecule has 0 saturated heterocycles. The van der Waals surface area contributed by atoms with Crippen LogP contribution in [0.15, 0.2) is 23.7 Å². The van der Waals surface area contributed by atoms with Crippen LogP contribution in [0.3, 0.4) is 0 Å². The molecule has 1 rings (SSSR count). The van der Waals surface area contributed by atoms with Crippen molar-refractivity contribution in [3.05, 3.63) is 23.7 Å². The molecule has 0 spiro atoms. The van der Waals surface area contributed by atoms with Gasteiger partial charge in [-0.2, -0.15) is 0 Å². The second-order valence-electron chi connectivity index (χ2n) is 3.13. The fraction of sp³-hybridized carbons (Fsp3) is 0.429. The maximum Gasteiger partial charge on any atom is 0.217 e. The zero-order valence-corrected chi connectivity index (χ0v) is 8.93. The minimum Gasteiger partial charge on any atom is -0.384 e. The number of nitrogens with zero attached hydrogens (tertiary/aromatic N) is 1. The van der Waals surface area contributed by atoms with Gasteiger partial charge in [0.25, 0.3) is 0 Å². The summed E-state index contributed by atoms with van der Waals surface area (Å²) in [4.78, 5) is 0. The van der Waals surface area contributed by atoms with Gasteiger partial charge < -0.3 is 11.2 Å². The van der Waals surface area contributed by atoms with E-state index in [1.165, 1.54) is 18.4 Å². The van der Waals surface area contributed by atoms with Crippen molar-refractivity contribution in [2.45, 2.75) is 0 Å². The zero-order chi connectivity index (χ0) is 10.8. The van der Waals surface area contributed by atoms with Crippen LogP contribution in [-0.2, 0) is 10.0 Å². The number of nitrogens with two attached hydrogens (primary N) is 1. The Kier molecular flexibility index (Phi) is 3.02. The Labute approximate surface area is 83.5 Å². The predicted molar refractivity (Wildman–Crippen MR) is 54.1 cm³/mol. The van der Waals surface area contributed by atoms with E-state index in [1.54, 1.807) is 12.3 Å². The van der Waals surface area contributed by atoms with Crippen LogP contribution in [-0.4, -0.2) is 32.6 Å². The Morgan fingerprint density at radius 3 is 2.64 bits per heavy atom. The van der Waals surface area contributed by atoms with Gasteiger partial charge in [0.1, 0.15) is 5.82 Å². The van der Waals surface area contributed by atoms with E-state index in [9.17, 15) is 8.42 Å². The molecule has 0 aromatic heterocycles. The van der Waals surface area contributed by atoms with E-state index in [-0.39, 0.29) is 5.75 Å². The smallest absolute Gasteiger partial charge is 0.217 e. The molecule has 0 bridgehead atoms. The third-order valence-corrected chi connectivity index (χ3v) is 3.53. The van der Waals surface area contributed by atoms with E-state index in [2.05, 4.69) is 10.9 Å². The molecule has 0 saturated carbocycles. The summed E-state index contributed by atoms with van der Waals surface area (Å²) < 4.78 is 24.1. The predicted octanol–water partition coefficient (Wildman–Crippen LogP) is -1.33. The minimum atomic E-state index is -3.22. The van der Waals surface area contributed by atoms with Gasteiger partial charge in [-0.15, -0.1) is 0 Å². The summed E-state index contributed by atoms with van der Waals surface area (Å²) in [6.07, 6.45) is 3.15. The molecule has 80 valence electrons. The summed E-state index contributed by atoms with van der Waals surface area (Å²) in [5.74, 6) is 0.339. The second kappa shape index (κ2) is 3.89. The van der Waals surface area contributed by atoms with Gasteiger partial charge >= 0.3 is 0 Å². The minimum absolute atomic E-state index is 0.0601. The molecule has 0 aromatic carbocycles. The molecule has 0 fully saturated rings. The summed E-state index contributed by atoms with van der Waals surface area (Å²) in [6.45, 7) is 0. The van der Waals surface area contributed by atoms with Crippen molar-refractivity contribution in [1.29, 1.82) is 0 Å². The van der Waals surface area contributed by atoms with Crippen molar-refractivity contribution in [1.82, 2.24) is 15.2 Å². The van der Waals surface area contributed by atoms with Crippen molar-refractivity contribution in [2.24, 2.45) is 5.73 Å². The van der Waals surface area contributed by atoms with Crippen molar-refractivity contribution in [3.63, 3.8) is 0 Å².